The fourth-order valence-electron chi connectivity index (χ4n) is 0.620. The molecule has 2 N–H and O–H groups in total. The van der Waals surface area contributed by atoms with Gasteiger partial charge in [-0.15, -0.1) is 12.4 Å². The van der Waals surface area contributed by atoms with Crippen molar-refractivity contribution in [2.24, 2.45) is 15.7 Å². The molecule has 1 atom stereocenters. The molecule has 1 heterocycles. The van der Waals surface area contributed by atoms with E-state index in [9.17, 15) is 0 Å². The second kappa shape index (κ2) is 4.47. The third kappa shape index (κ3) is 2.58. The van der Waals surface area contributed by atoms with Gasteiger partial charge < -0.3 is 5.73 Å². The Balaban J connectivity index is 0.000000640. The molecular weight excluding hydrogens is 138 g/mol. The molecule has 0 saturated carbocycles. The van der Waals surface area contributed by atoms with E-state index in [4.69, 9.17) is 5.73 Å². The summed E-state index contributed by atoms with van der Waals surface area (Å²) in [6.07, 6.45) is 4.30. The van der Waals surface area contributed by atoms with E-state index in [-0.39, 0.29) is 18.4 Å². The maximum atomic E-state index is 5.27. The standard InChI is InChI=1S/C5H9N3.ClH/c6-2-1-5-3-7-4-8-5;/h3-5H,1-2,6H2;1H. The van der Waals surface area contributed by atoms with Crippen molar-refractivity contribution in [2.45, 2.75) is 12.5 Å². The number of hydrogen-bond donors (Lipinski definition) is 1. The number of hydrogen-bond acceptors (Lipinski definition) is 3. The number of aliphatic imine (C=N–C) groups is 2. The lowest BCUT2D eigenvalue weighted by Crippen LogP contribution is -2.10. The average molecular weight is 148 g/mol. The molecule has 52 valence electrons. The smallest absolute Gasteiger partial charge is 0.110 e. The van der Waals surface area contributed by atoms with Gasteiger partial charge in [0.25, 0.3) is 0 Å². The quantitative estimate of drug-likeness (QED) is 0.598. The number of halogens is 1. The molecule has 0 spiro atoms. The molecular formula is C5H10ClN3. The third-order valence-electron chi connectivity index (χ3n) is 1.05. The predicted octanol–water partition coefficient (Wildman–Crippen LogP) is 0.238. The van der Waals surface area contributed by atoms with Gasteiger partial charge in [0, 0.05) is 6.21 Å². The molecule has 4 heteroatoms. The van der Waals surface area contributed by atoms with E-state index in [1.165, 1.54) is 0 Å². The summed E-state index contributed by atoms with van der Waals surface area (Å²) in [5, 5.41) is 0. The van der Waals surface area contributed by atoms with Crippen molar-refractivity contribution >= 4 is 25.0 Å². The van der Waals surface area contributed by atoms with E-state index >= 15 is 0 Å². The molecule has 0 radical (unpaired) electrons. The first-order valence-electron chi connectivity index (χ1n) is 2.68. The van der Waals surface area contributed by atoms with Crippen LogP contribution < -0.4 is 5.73 Å². The van der Waals surface area contributed by atoms with Gasteiger partial charge in [-0.05, 0) is 13.0 Å². The van der Waals surface area contributed by atoms with Gasteiger partial charge >= 0.3 is 0 Å². The fraction of sp³-hybridized carbons (Fsp3) is 0.600. The molecule has 9 heavy (non-hydrogen) atoms. The maximum Gasteiger partial charge on any atom is 0.110 e. The SMILES string of the molecule is Cl.NCCC1C=NC=N1. The molecule has 0 bridgehead atoms. The van der Waals surface area contributed by atoms with Crippen LogP contribution in [-0.4, -0.2) is 25.1 Å². The molecule has 1 aliphatic heterocycles. The van der Waals surface area contributed by atoms with Gasteiger partial charge in [0.05, 0.1) is 6.04 Å². The second-order valence-electron chi connectivity index (χ2n) is 1.71. The van der Waals surface area contributed by atoms with E-state index in [1.807, 2.05) is 6.21 Å². The predicted molar refractivity (Wildman–Crippen MR) is 41.7 cm³/mol. The fourth-order valence-corrected chi connectivity index (χ4v) is 0.620. The minimum Gasteiger partial charge on any atom is -0.330 e. The molecule has 0 aliphatic carbocycles. The monoisotopic (exact) mass is 147 g/mol. The van der Waals surface area contributed by atoms with Crippen LogP contribution in [0, 0.1) is 0 Å². The molecule has 0 aromatic carbocycles. The normalized spacial score (nSPS) is 22.1. The van der Waals surface area contributed by atoms with E-state index in [2.05, 4.69) is 9.98 Å². The number of nitrogens with two attached hydrogens (primary N) is 1. The van der Waals surface area contributed by atoms with Crippen LogP contribution in [-0.2, 0) is 0 Å². The highest BCUT2D eigenvalue weighted by atomic mass is 35.5. The Kier molecular flexibility index (Phi) is 4.26. The first kappa shape index (κ1) is 8.59. The van der Waals surface area contributed by atoms with Gasteiger partial charge in [0.15, 0.2) is 0 Å². The summed E-state index contributed by atoms with van der Waals surface area (Å²) in [5.41, 5.74) is 5.27. The topological polar surface area (TPSA) is 50.7 Å². The lowest BCUT2D eigenvalue weighted by Gasteiger charge is -1.96. The molecule has 0 amide bonds. The summed E-state index contributed by atoms with van der Waals surface area (Å²) < 4.78 is 0. The zero-order valence-electron chi connectivity index (χ0n) is 5.03. The van der Waals surface area contributed by atoms with Gasteiger partial charge in [-0.25, -0.2) is 4.99 Å². The van der Waals surface area contributed by atoms with Crippen LogP contribution >= 0.6 is 12.4 Å². The maximum absolute atomic E-state index is 5.27. The van der Waals surface area contributed by atoms with Gasteiger partial charge in [-0.1, -0.05) is 0 Å². The van der Waals surface area contributed by atoms with Gasteiger partial charge in [0.2, 0.25) is 0 Å². The molecule has 0 aromatic rings. The first-order chi connectivity index (χ1) is 3.93. The number of nitrogens with zero attached hydrogens (tertiary/aromatic N) is 2. The summed E-state index contributed by atoms with van der Waals surface area (Å²) in [6, 6.07) is 0.264. The second-order valence-corrected chi connectivity index (χ2v) is 1.71. The molecule has 1 aliphatic rings. The summed E-state index contributed by atoms with van der Waals surface area (Å²) >= 11 is 0. The third-order valence-corrected chi connectivity index (χ3v) is 1.05. The lowest BCUT2D eigenvalue weighted by molar-refractivity contribution is 0.783. The molecule has 1 unspecified atom stereocenters. The van der Waals surface area contributed by atoms with Crippen LogP contribution in [0.25, 0.3) is 0 Å². The van der Waals surface area contributed by atoms with Crippen LogP contribution in [0.3, 0.4) is 0 Å². The Bertz CT molecular complexity index is 109. The van der Waals surface area contributed by atoms with Crippen molar-refractivity contribution < 1.29 is 0 Å². The highest BCUT2D eigenvalue weighted by molar-refractivity contribution is 5.85. The van der Waals surface area contributed by atoms with Crippen LogP contribution in [0.4, 0.5) is 0 Å². The average Bonchev–Trinajstić information content (AvgIpc) is 2.19. The molecule has 1 rings (SSSR count). The van der Waals surface area contributed by atoms with Gasteiger partial charge in [0.1, 0.15) is 6.34 Å². The molecule has 0 saturated heterocycles. The summed E-state index contributed by atoms with van der Waals surface area (Å²) in [7, 11) is 0. The van der Waals surface area contributed by atoms with E-state index in [0.717, 1.165) is 6.42 Å². The van der Waals surface area contributed by atoms with Gasteiger partial charge in [-0.2, -0.15) is 0 Å². The molecule has 3 nitrogen and oxygen atoms in total. The highest BCUT2D eigenvalue weighted by Gasteiger charge is 2.02. The highest BCUT2D eigenvalue weighted by Crippen LogP contribution is 1.96. The van der Waals surface area contributed by atoms with E-state index in [0.29, 0.717) is 6.54 Å². The largest absolute Gasteiger partial charge is 0.330 e. The van der Waals surface area contributed by atoms with Crippen LogP contribution in [0.1, 0.15) is 6.42 Å². The van der Waals surface area contributed by atoms with Crippen LogP contribution in [0.15, 0.2) is 9.98 Å². The number of rotatable bonds is 2. The van der Waals surface area contributed by atoms with Crippen molar-refractivity contribution in [2.75, 3.05) is 6.54 Å². The zero-order chi connectivity index (χ0) is 5.82. The van der Waals surface area contributed by atoms with Crippen molar-refractivity contribution in [3.63, 3.8) is 0 Å². The van der Waals surface area contributed by atoms with Crippen LogP contribution in [0.5, 0.6) is 0 Å². The summed E-state index contributed by atoms with van der Waals surface area (Å²) in [5.74, 6) is 0. The zero-order valence-corrected chi connectivity index (χ0v) is 5.84. The van der Waals surface area contributed by atoms with E-state index < -0.39 is 0 Å². The van der Waals surface area contributed by atoms with Crippen molar-refractivity contribution in [3.8, 4) is 0 Å². The summed E-state index contributed by atoms with van der Waals surface area (Å²) in [4.78, 5) is 7.81. The van der Waals surface area contributed by atoms with Crippen molar-refractivity contribution in [1.29, 1.82) is 0 Å². The summed E-state index contributed by atoms with van der Waals surface area (Å²) in [6.45, 7) is 0.689. The Labute approximate surface area is 60.5 Å². The lowest BCUT2D eigenvalue weighted by atomic mass is 10.2. The van der Waals surface area contributed by atoms with Crippen molar-refractivity contribution in [3.05, 3.63) is 0 Å². The Morgan fingerprint density at radius 2 is 2.33 bits per heavy atom. The van der Waals surface area contributed by atoms with Crippen molar-refractivity contribution in [1.82, 2.24) is 0 Å². The van der Waals surface area contributed by atoms with Crippen LogP contribution in [0.2, 0.25) is 0 Å². The van der Waals surface area contributed by atoms with E-state index in [1.54, 1.807) is 6.34 Å². The Hall–Kier alpha value is -0.410. The molecule has 0 fully saturated rings. The minimum atomic E-state index is 0. The van der Waals surface area contributed by atoms with Gasteiger partial charge in [-0.3, -0.25) is 4.99 Å². The first-order valence-corrected chi connectivity index (χ1v) is 2.68. The molecule has 0 aromatic heterocycles. The Morgan fingerprint density at radius 1 is 1.56 bits per heavy atom. The minimum absolute atomic E-state index is 0. The Morgan fingerprint density at radius 3 is 2.78 bits per heavy atom.